The highest BCUT2D eigenvalue weighted by Crippen LogP contribution is 2.47. The number of nitrogens with zero attached hydrogens (tertiary/aromatic N) is 1. The van der Waals surface area contributed by atoms with Crippen molar-refractivity contribution < 1.29 is 15.0 Å². The van der Waals surface area contributed by atoms with Gasteiger partial charge >= 0.3 is 0 Å². The lowest BCUT2D eigenvalue weighted by Gasteiger charge is -2.24. The minimum absolute atomic E-state index is 0.0979. The lowest BCUT2D eigenvalue weighted by Crippen LogP contribution is -2.41. The predicted octanol–water partition coefficient (Wildman–Crippen LogP) is 3.93. The number of amides is 1. The molecule has 0 spiro atoms. The molecule has 2 aromatic rings. The van der Waals surface area contributed by atoms with Crippen molar-refractivity contribution in [2.75, 3.05) is 11.4 Å². The molecule has 0 saturated carbocycles. The molecule has 24 heavy (non-hydrogen) atoms. The first-order valence-corrected chi connectivity index (χ1v) is 8.92. The van der Waals surface area contributed by atoms with Gasteiger partial charge in [-0.3, -0.25) is 4.79 Å². The summed E-state index contributed by atoms with van der Waals surface area (Å²) in [4.78, 5) is 14.7. The Balaban J connectivity index is 2.11. The van der Waals surface area contributed by atoms with Crippen LogP contribution >= 0.6 is 15.9 Å². The smallest absolute Gasteiger partial charge is 0.268 e. The van der Waals surface area contributed by atoms with Crippen LogP contribution in [0.25, 0.3) is 0 Å². The molecule has 1 aliphatic heterocycles. The van der Waals surface area contributed by atoms with Crippen LogP contribution in [0.15, 0.2) is 46.9 Å². The van der Waals surface area contributed by atoms with Gasteiger partial charge in [0.1, 0.15) is 5.75 Å². The van der Waals surface area contributed by atoms with Gasteiger partial charge in [0.25, 0.3) is 5.91 Å². The number of aromatic hydroxyl groups is 1. The van der Waals surface area contributed by atoms with E-state index in [-0.39, 0.29) is 11.3 Å². The molecule has 0 fully saturated rings. The first kappa shape index (κ1) is 17.0. The van der Waals surface area contributed by atoms with Crippen LogP contribution in [0.2, 0.25) is 0 Å². The van der Waals surface area contributed by atoms with Crippen LogP contribution in [0.5, 0.6) is 5.75 Å². The third kappa shape index (κ3) is 2.62. The maximum atomic E-state index is 13.1. The molecule has 1 atom stereocenters. The van der Waals surface area contributed by atoms with Crippen LogP contribution in [-0.2, 0) is 10.4 Å². The standard InChI is InChI=1S/C19H20BrNO3/c1-2-3-6-11-21-16-8-5-4-7-14(16)19(24,18(21)23)15-12-13(20)9-10-17(15)22/h4-5,7-10,12,22,24H,2-3,6,11H2,1H3. The van der Waals surface area contributed by atoms with E-state index in [0.717, 1.165) is 19.3 Å². The van der Waals surface area contributed by atoms with E-state index in [1.165, 1.54) is 6.07 Å². The van der Waals surface area contributed by atoms with Gasteiger partial charge in [-0.15, -0.1) is 0 Å². The fraction of sp³-hybridized carbons (Fsp3) is 0.316. The number of aliphatic hydroxyl groups is 1. The highest BCUT2D eigenvalue weighted by atomic mass is 79.9. The van der Waals surface area contributed by atoms with Crippen molar-refractivity contribution in [2.45, 2.75) is 31.8 Å². The van der Waals surface area contributed by atoms with E-state index in [1.54, 1.807) is 29.2 Å². The third-order valence-electron chi connectivity index (χ3n) is 4.47. The van der Waals surface area contributed by atoms with E-state index < -0.39 is 11.5 Å². The molecule has 0 aromatic heterocycles. The average Bonchev–Trinajstić information content (AvgIpc) is 2.80. The van der Waals surface area contributed by atoms with Gasteiger partial charge < -0.3 is 15.1 Å². The molecule has 4 nitrogen and oxygen atoms in total. The second-order valence-corrected chi connectivity index (χ2v) is 6.97. The topological polar surface area (TPSA) is 60.8 Å². The van der Waals surface area contributed by atoms with Gasteiger partial charge in [-0.05, 0) is 30.7 Å². The van der Waals surface area contributed by atoms with Gasteiger partial charge in [0, 0.05) is 22.1 Å². The number of carbonyl (C=O) groups is 1. The van der Waals surface area contributed by atoms with E-state index in [9.17, 15) is 15.0 Å². The van der Waals surface area contributed by atoms with Crippen LogP contribution in [0.1, 0.15) is 37.3 Å². The van der Waals surface area contributed by atoms with Gasteiger partial charge in [-0.25, -0.2) is 0 Å². The summed E-state index contributed by atoms with van der Waals surface area (Å²) in [6.07, 6.45) is 2.95. The molecule has 3 rings (SSSR count). The molecule has 1 amide bonds. The number of hydrogen-bond donors (Lipinski definition) is 2. The Labute approximate surface area is 149 Å². The summed E-state index contributed by atoms with van der Waals surface area (Å²) in [5, 5.41) is 21.6. The zero-order chi connectivity index (χ0) is 17.3. The summed E-state index contributed by atoms with van der Waals surface area (Å²) in [6, 6.07) is 12.0. The fourth-order valence-electron chi connectivity index (χ4n) is 3.24. The Kier molecular flexibility index (Phi) is 4.65. The zero-order valence-corrected chi connectivity index (χ0v) is 15.1. The van der Waals surface area contributed by atoms with E-state index >= 15 is 0 Å². The Bertz CT molecular complexity index is 777. The van der Waals surface area contributed by atoms with Crippen molar-refractivity contribution in [3.63, 3.8) is 0 Å². The summed E-state index contributed by atoms with van der Waals surface area (Å²) in [5.41, 5.74) is -0.441. The molecule has 0 saturated heterocycles. The molecule has 126 valence electrons. The maximum absolute atomic E-state index is 13.1. The predicted molar refractivity (Wildman–Crippen MR) is 97.1 cm³/mol. The number of unbranched alkanes of at least 4 members (excludes halogenated alkanes) is 2. The summed E-state index contributed by atoms with van der Waals surface area (Å²) in [7, 11) is 0. The van der Waals surface area contributed by atoms with E-state index in [4.69, 9.17) is 0 Å². The van der Waals surface area contributed by atoms with Crippen LogP contribution in [0.3, 0.4) is 0 Å². The molecule has 2 aromatic carbocycles. The van der Waals surface area contributed by atoms with Gasteiger partial charge in [0.2, 0.25) is 0 Å². The van der Waals surface area contributed by atoms with E-state index in [1.807, 2.05) is 12.1 Å². The lowest BCUT2D eigenvalue weighted by molar-refractivity contribution is -0.132. The Morgan fingerprint density at radius 1 is 1.12 bits per heavy atom. The number of fused-ring (bicyclic) bond motifs is 1. The molecule has 2 N–H and O–H groups in total. The minimum Gasteiger partial charge on any atom is -0.508 e. The van der Waals surface area contributed by atoms with Gasteiger partial charge in [-0.1, -0.05) is 53.9 Å². The maximum Gasteiger partial charge on any atom is 0.268 e. The van der Waals surface area contributed by atoms with Gasteiger partial charge in [0.05, 0.1) is 5.69 Å². The number of phenols is 1. The first-order valence-electron chi connectivity index (χ1n) is 8.13. The number of para-hydroxylation sites is 1. The number of phenolic OH excluding ortho intramolecular Hbond substituents is 1. The van der Waals surface area contributed by atoms with E-state index in [2.05, 4.69) is 22.9 Å². The fourth-order valence-corrected chi connectivity index (χ4v) is 3.60. The highest BCUT2D eigenvalue weighted by Gasteiger charge is 2.52. The second kappa shape index (κ2) is 6.57. The zero-order valence-electron chi connectivity index (χ0n) is 13.5. The van der Waals surface area contributed by atoms with Crippen LogP contribution in [0.4, 0.5) is 5.69 Å². The number of halogens is 1. The van der Waals surface area contributed by atoms with Crippen molar-refractivity contribution in [3.8, 4) is 5.75 Å². The number of rotatable bonds is 5. The van der Waals surface area contributed by atoms with Crippen LogP contribution < -0.4 is 4.90 Å². The SMILES string of the molecule is CCCCCN1C(=O)C(O)(c2cc(Br)ccc2O)c2ccccc21. The van der Waals surface area contributed by atoms with Crippen LogP contribution in [-0.4, -0.2) is 22.7 Å². The van der Waals surface area contributed by atoms with Gasteiger partial charge in [0.15, 0.2) is 5.60 Å². The molecule has 0 aliphatic carbocycles. The molecular weight excluding hydrogens is 370 g/mol. The largest absolute Gasteiger partial charge is 0.508 e. The third-order valence-corrected chi connectivity index (χ3v) is 4.97. The molecular formula is C19H20BrNO3. The van der Waals surface area contributed by atoms with Crippen molar-refractivity contribution in [1.82, 2.24) is 0 Å². The Morgan fingerprint density at radius 3 is 2.62 bits per heavy atom. The summed E-state index contributed by atoms with van der Waals surface area (Å²) in [6.45, 7) is 2.66. The number of anilines is 1. The summed E-state index contributed by atoms with van der Waals surface area (Å²) < 4.78 is 0.693. The van der Waals surface area contributed by atoms with Gasteiger partial charge in [-0.2, -0.15) is 0 Å². The quantitative estimate of drug-likeness (QED) is 0.761. The lowest BCUT2D eigenvalue weighted by atomic mass is 9.87. The van der Waals surface area contributed by atoms with Crippen molar-refractivity contribution in [2.24, 2.45) is 0 Å². The molecule has 0 radical (unpaired) electrons. The molecule has 1 heterocycles. The Morgan fingerprint density at radius 2 is 1.88 bits per heavy atom. The molecule has 1 unspecified atom stereocenters. The molecule has 5 heteroatoms. The minimum atomic E-state index is -1.86. The van der Waals surface area contributed by atoms with Crippen LogP contribution in [0, 0.1) is 0 Å². The number of benzene rings is 2. The molecule has 1 aliphatic rings. The highest BCUT2D eigenvalue weighted by molar-refractivity contribution is 9.10. The Hall–Kier alpha value is -1.85. The van der Waals surface area contributed by atoms with E-state index in [0.29, 0.717) is 22.3 Å². The normalized spacial score (nSPS) is 19.6. The van der Waals surface area contributed by atoms with Crippen molar-refractivity contribution >= 4 is 27.5 Å². The first-order chi connectivity index (χ1) is 11.5. The average molecular weight is 390 g/mol. The second-order valence-electron chi connectivity index (χ2n) is 6.05. The number of hydrogen-bond acceptors (Lipinski definition) is 3. The monoisotopic (exact) mass is 389 g/mol. The molecule has 0 bridgehead atoms. The summed E-state index contributed by atoms with van der Waals surface area (Å²) in [5.74, 6) is -0.507. The summed E-state index contributed by atoms with van der Waals surface area (Å²) >= 11 is 3.35. The number of carbonyl (C=O) groups excluding carboxylic acids is 1. The van der Waals surface area contributed by atoms with Crippen molar-refractivity contribution in [3.05, 3.63) is 58.1 Å². The van der Waals surface area contributed by atoms with Crippen molar-refractivity contribution in [1.29, 1.82) is 0 Å².